The molecule has 0 atom stereocenters. The van der Waals surface area contributed by atoms with Crippen LogP contribution in [-0.2, 0) is 6.54 Å². The molecule has 7 heteroatoms. The number of nitrogens with two attached hydrogens (primary N) is 1. The molecule has 0 fully saturated rings. The third kappa shape index (κ3) is 7.10. The third-order valence-electron chi connectivity index (χ3n) is 4.48. The molecule has 29 heavy (non-hydrogen) atoms. The summed E-state index contributed by atoms with van der Waals surface area (Å²) in [6.45, 7) is 5.97. The van der Waals surface area contributed by atoms with Crippen molar-refractivity contribution in [2.24, 2.45) is 0 Å². The van der Waals surface area contributed by atoms with E-state index in [4.69, 9.17) is 5.73 Å². The van der Waals surface area contributed by atoms with Crippen LogP contribution in [0.3, 0.4) is 0 Å². The zero-order chi connectivity index (χ0) is 21.1. The van der Waals surface area contributed by atoms with Crippen LogP contribution >= 0.6 is 0 Å². The lowest BCUT2D eigenvalue weighted by molar-refractivity contribution is 0.102. The Hall–Kier alpha value is -3.09. The van der Waals surface area contributed by atoms with Crippen LogP contribution in [-0.4, -0.2) is 34.9 Å². The predicted molar refractivity (Wildman–Crippen MR) is 117 cm³/mol. The maximum absolute atomic E-state index is 12.4. The summed E-state index contributed by atoms with van der Waals surface area (Å²) in [7, 11) is 0. The first-order chi connectivity index (χ1) is 14.0. The van der Waals surface area contributed by atoms with Gasteiger partial charge in [0, 0.05) is 25.8 Å². The quantitative estimate of drug-likeness (QED) is 0.416. The van der Waals surface area contributed by atoms with Crippen molar-refractivity contribution in [3.63, 3.8) is 0 Å². The van der Waals surface area contributed by atoms with E-state index in [-0.39, 0.29) is 11.9 Å². The highest BCUT2D eigenvalue weighted by atomic mass is 16.2. The van der Waals surface area contributed by atoms with Crippen LogP contribution in [0.1, 0.15) is 55.6 Å². The second kappa shape index (κ2) is 11.7. The minimum atomic E-state index is -0.324. The Kier molecular flexibility index (Phi) is 8.95. The van der Waals surface area contributed by atoms with Crippen molar-refractivity contribution < 1.29 is 9.59 Å². The summed E-state index contributed by atoms with van der Waals surface area (Å²) >= 11 is 0. The Morgan fingerprint density at radius 2 is 1.86 bits per heavy atom. The summed E-state index contributed by atoms with van der Waals surface area (Å²) in [5.74, 6) is -0.324. The summed E-state index contributed by atoms with van der Waals surface area (Å²) in [6, 6.07) is 10.5. The van der Waals surface area contributed by atoms with Gasteiger partial charge >= 0.3 is 6.03 Å². The number of urea groups is 1. The van der Waals surface area contributed by atoms with Gasteiger partial charge in [-0.05, 0) is 36.6 Å². The Morgan fingerprint density at radius 3 is 2.52 bits per heavy atom. The second-order valence-corrected chi connectivity index (χ2v) is 6.95. The monoisotopic (exact) mass is 397 g/mol. The van der Waals surface area contributed by atoms with E-state index in [1.807, 2.05) is 13.0 Å². The molecule has 1 aromatic heterocycles. The molecule has 0 aliphatic carbocycles. The molecule has 0 bridgehead atoms. The van der Waals surface area contributed by atoms with Crippen molar-refractivity contribution in [3.8, 4) is 0 Å². The second-order valence-electron chi connectivity index (χ2n) is 6.95. The van der Waals surface area contributed by atoms with Gasteiger partial charge in [0.15, 0.2) is 0 Å². The summed E-state index contributed by atoms with van der Waals surface area (Å²) < 4.78 is 0. The summed E-state index contributed by atoms with van der Waals surface area (Å²) in [5.41, 5.74) is 8.09. The van der Waals surface area contributed by atoms with Gasteiger partial charge < -0.3 is 21.3 Å². The fraction of sp³-hybridized carbons (Fsp3) is 0.409. The van der Waals surface area contributed by atoms with Gasteiger partial charge in [-0.1, -0.05) is 44.9 Å². The summed E-state index contributed by atoms with van der Waals surface area (Å²) in [4.78, 5) is 30.9. The summed E-state index contributed by atoms with van der Waals surface area (Å²) in [6.07, 6.45) is 5.68. The standard InChI is InChI=1S/C22H31N5O2/c1-3-5-8-14-27(22(29)24-13-4-2)16-17-11-12-20(25-15-17)21(28)26-19-10-7-6-9-18(19)23/h6-7,9-12,15H,3-5,8,13-14,16,23H2,1-2H3,(H,24,29)(H,26,28). The molecule has 156 valence electrons. The van der Waals surface area contributed by atoms with Crippen LogP contribution in [0, 0.1) is 0 Å². The predicted octanol–water partition coefficient (Wildman–Crippen LogP) is 4.03. The summed E-state index contributed by atoms with van der Waals surface area (Å²) in [5, 5.41) is 5.69. The van der Waals surface area contributed by atoms with E-state index >= 15 is 0 Å². The molecule has 2 aromatic rings. The van der Waals surface area contributed by atoms with Crippen LogP contribution in [0.25, 0.3) is 0 Å². The number of para-hydroxylation sites is 2. The minimum absolute atomic E-state index is 0.0654. The average Bonchev–Trinajstić information content (AvgIpc) is 2.73. The molecular formula is C22H31N5O2. The van der Waals surface area contributed by atoms with Crippen molar-refractivity contribution >= 4 is 23.3 Å². The van der Waals surface area contributed by atoms with E-state index in [0.717, 1.165) is 31.2 Å². The zero-order valence-corrected chi connectivity index (χ0v) is 17.3. The number of rotatable bonds is 10. The molecule has 2 rings (SSSR count). The van der Waals surface area contributed by atoms with Crippen LogP contribution in [0.4, 0.5) is 16.2 Å². The smallest absolute Gasteiger partial charge is 0.317 e. The Labute approximate surface area is 172 Å². The lowest BCUT2D eigenvalue weighted by Crippen LogP contribution is -2.40. The molecular weight excluding hydrogens is 366 g/mol. The van der Waals surface area contributed by atoms with Gasteiger partial charge in [0.25, 0.3) is 5.91 Å². The highest BCUT2D eigenvalue weighted by Gasteiger charge is 2.14. The molecule has 1 aromatic carbocycles. The fourth-order valence-corrected chi connectivity index (χ4v) is 2.82. The number of carbonyl (C=O) groups is 2. The molecule has 0 saturated carbocycles. The van der Waals surface area contributed by atoms with E-state index in [0.29, 0.717) is 36.7 Å². The van der Waals surface area contributed by atoms with Crippen molar-refractivity contribution in [2.45, 2.75) is 46.1 Å². The number of hydrogen-bond acceptors (Lipinski definition) is 4. The molecule has 0 unspecified atom stereocenters. The van der Waals surface area contributed by atoms with Crippen molar-refractivity contribution in [1.82, 2.24) is 15.2 Å². The van der Waals surface area contributed by atoms with E-state index in [1.54, 1.807) is 41.4 Å². The Morgan fingerprint density at radius 1 is 1.07 bits per heavy atom. The number of hydrogen-bond donors (Lipinski definition) is 3. The number of carbonyl (C=O) groups excluding carboxylic acids is 2. The van der Waals surface area contributed by atoms with Gasteiger partial charge in [0.1, 0.15) is 5.69 Å². The number of amides is 3. The van der Waals surface area contributed by atoms with Gasteiger partial charge in [-0.3, -0.25) is 9.78 Å². The number of aromatic nitrogens is 1. The first-order valence-electron chi connectivity index (χ1n) is 10.2. The van der Waals surface area contributed by atoms with Crippen LogP contribution in [0.5, 0.6) is 0 Å². The van der Waals surface area contributed by atoms with E-state index in [2.05, 4.69) is 22.5 Å². The van der Waals surface area contributed by atoms with Crippen LogP contribution in [0.15, 0.2) is 42.6 Å². The highest BCUT2D eigenvalue weighted by molar-refractivity contribution is 6.04. The molecule has 0 aliphatic heterocycles. The number of nitrogen functional groups attached to an aromatic ring is 1. The zero-order valence-electron chi connectivity index (χ0n) is 17.3. The third-order valence-corrected chi connectivity index (χ3v) is 4.48. The van der Waals surface area contributed by atoms with E-state index < -0.39 is 0 Å². The minimum Gasteiger partial charge on any atom is -0.397 e. The van der Waals surface area contributed by atoms with Crippen molar-refractivity contribution in [1.29, 1.82) is 0 Å². The Balaban J connectivity index is 2.01. The Bertz CT molecular complexity index is 792. The van der Waals surface area contributed by atoms with Gasteiger partial charge in [-0.15, -0.1) is 0 Å². The van der Waals surface area contributed by atoms with Gasteiger partial charge in [0.05, 0.1) is 11.4 Å². The normalized spacial score (nSPS) is 10.4. The highest BCUT2D eigenvalue weighted by Crippen LogP contribution is 2.17. The molecule has 0 spiro atoms. The maximum Gasteiger partial charge on any atom is 0.317 e. The van der Waals surface area contributed by atoms with E-state index in [9.17, 15) is 9.59 Å². The molecule has 3 amide bonds. The van der Waals surface area contributed by atoms with Crippen molar-refractivity contribution in [3.05, 3.63) is 53.9 Å². The van der Waals surface area contributed by atoms with E-state index in [1.165, 1.54) is 0 Å². The lowest BCUT2D eigenvalue weighted by Gasteiger charge is -2.23. The number of anilines is 2. The topological polar surface area (TPSA) is 100 Å². The fourth-order valence-electron chi connectivity index (χ4n) is 2.82. The van der Waals surface area contributed by atoms with Gasteiger partial charge in [0.2, 0.25) is 0 Å². The first-order valence-corrected chi connectivity index (χ1v) is 10.2. The molecule has 1 heterocycles. The number of nitrogens with zero attached hydrogens (tertiary/aromatic N) is 2. The molecule has 0 saturated heterocycles. The maximum atomic E-state index is 12.4. The molecule has 0 aliphatic rings. The number of unbranched alkanes of at least 4 members (excludes halogenated alkanes) is 2. The lowest BCUT2D eigenvalue weighted by atomic mass is 10.2. The van der Waals surface area contributed by atoms with Crippen LogP contribution in [0.2, 0.25) is 0 Å². The SMILES string of the molecule is CCCCCN(Cc1ccc(C(=O)Nc2ccccc2N)nc1)C(=O)NCCC. The number of nitrogens with one attached hydrogen (secondary N) is 2. The number of benzene rings is 1. The van der Waals surface area contributed by atoms with Gasteiger partial charge in [-0.2, -0.15) is 0 Å². The average molecular weight is 398 g/mol. The molecule has 4 N–H and O–H groups in total. The van der Waals surface area contributed by atoms with Gasteiger partial charge in [-0.25, -0.2) is 4.79 Å². The largest absolute Gasteiger partial charge is 0.397 e. The van der Waals surface area contributed by atoms with Crippen molar-refractivity contribution in [2.75, 3.05) is 24.1 Å². The van der Waals surface area contributed by atoms with Crippen LogP contribution < -0.4 is 16.4 Å². The molecule has 7 nitrogen and oxygen atoms in total. The molecule has 0 radical (unpaired) electrons. The number of pyridine rings is 1. The first kappa shape index (κ1) is 22.2.